The van der Waals surface area contributed by atoms with Crippen molar-refractivity contribution >= 4 is 21.4 Å². The van der Waals surface area contributed by atoms with Crippen LogP contribution in [0.25, 0.3) is 10.1 Å². The van der Waals surface area contributed by atoms with Crippen LogP contribution in [0.5, 0.6) is 0 Å². The second-order valence-corrected chi connectivity index (χ2v) is 5.95. The third kappa shape index (κ3) is 2.58. The van der Waals surface area contributed by atoms with E-state index in [-0.39, 0.29) is 0 Å². The number of hydrogen-bond donors (Lipinski definition) is 1. The first-order chi connectivity index (χ1) is 8.83. The van der Waals surface area contributed by atoms with Crippen LogP contribution in [0.4, 0.5) is 0 Å². The highest BCUT2D eigenvalue weighted by Crippen LogP contribution is 2.25. The molecule has 2 nitrogen and oxygen atoms in total. The van der Waals surface area contributed by atoms with Gasteiger partial charge in [0.05, 0.1) is 6.10 Å². The van der Waals surface area contributed by atoms with Crippen LogP contribution < -0.4 is 5.32 Å². The minimum Gasteiger partial charge on any atom is -0.378 e. The van der Waals surface area contributed by atoms with Crippen molar-refractivity contribution in [1.29, 1.82) is 0 Å². The zero-order valence-electron chi connectivity index (χ0n) is 10.7. The van der Waals surface area contributed by atoms with Crippen molar-refractivity contribution in [2.75, 3.05) is 6.61 Å². The molecule has 3 heteroatoms. The Kier molecular flexibility index (Phi) is 3.64. The number of benzene rings is 1. The number of thiophene rings is 1. The van der Waals surface area contributed by atoms with Crippen molar-refractivity contribution in [2.45, 2.75) is 38.5 Å². The molecule has 2 heterocycles. The summed E-state index contributed by atoms with van der Waals surface area (Å²) >= 11 is 1.84. The lowest BCUT2D eigenvalue weighted by Gasteiger charge is -2.28. The Morgan fingerprint density at radius 2 is 2.28 bits per heavy atom. The third-order valence-corrected chi connectivity index (χ3v) is 4.64. The standard InChI is InChI=1S/C15H19NOS/c1-11-8-13(6-7-17-11)16-9-12-10-18-15-5-3-2-4-14(12)15/h2-5,10-11,13,16H,6-9H2,1H3. The van der Waals surface area contributed by atoms with Crippen molar-refractivity contribution in [2.24, 2.45) is 0 Å². The molecule has 96 valence electrons. The highest BCUT2D eigenvalue weighted by molar-refractivity contribution is 7.17. The normalized spacial score (nSPS) is 24.5. The minimum absolute atomic E-state index is 0.399. The van der Waals surface area contributed by atoms with E-state index in [1.54, 1.807) is 0 Å². The van der Waals surface area contributed by atoms with Crippen LogP contribution in [-0.2, 0) is 11.3 Å². The molecule has 1 aromatic carbocycles. The summed E-state index contributed by atoms with van der Waals surface area (Å²) in [4.78, 5) is 0. The second-order valence-electron chi connectivity index (χ2n) is 5.04. The fourth-order valence-electron chi connectivity index (χ4n) is 2.61. The molecular formula is C15H19NOS. The van der Waals surface area contributed by atoms with E-state index >= 15 is 0 Å². The van der Waals surface area contributed by atoms with Crippen molar-refractivity contribution in [1.82, 2.24) is 5.32 Å². The van der Waals surface area contributed by atoms with Crippen LogP contribution >= 0.6 is 11.3 Å². The summed E-state index contributed by atoms with van der Waals surface area (Å²) < 4.78 is 6.96. The molecule has 0 radical (unpaired) electrons. The van der Waals surface area contributed by atoms with E-state index in [1.165, 1.54) is 15.6 Å². The zero-order chi connectivity index (χ0) is 12.4. The van der Waals surface area contributed by atoms with E-state index in [0.717, 1.165) is 26.0 Å². The molecule has 0 aliphatic carbocycles. The van der Waals surface area contributed by atoms with E-state index in [2.05, 4.69) is 41.9 Å². The first kappa shape index (κ1) is 12.2. The lowest BCUT2D eigenvalue weighted by Crippen LogP contribution is -2.37. The summed E-state index contributed by atoms with van der Waals surface area (Å²) in [5.74, 6) is 0. The van der Waals surface area contributed by atoms with E-state index in [0.29, 0.717) is 12.1 Å². The summed E-state index contributed by atoms with van der Waals surface area (Å²) in [6.07, 6.45) is 2.66. The SMILES string of the molecule is CC1CC(NCc2csc3ccccc23)CCO1. The lowest BCUT2D eigenvalue weighted by atomic mass is 10.0. The van der Waals surface area contributed by atoms with Gasteiger partial charge in [0.15, 0.2) is 0 Å². The molecule has 0 amide bonds. The molecule has 1 fully saturated rings. The Balaban J connectivity index is 1.66. The van der Waals surface area contributed by atoms with Gasteiger partial charge in [-0.05, 0) is 42.2 Å². The highest BCUT2D eigenvalue weighted by atomic mass is 32.1. The molecule has 2 unspecified atom stereocenters. The molecule has 0 bridgehead atoms. The van der Waals surface area contributed by atoms with Gasteiger partial charge in [-0.15, -0.1) is 11.3 Å². The van der Waals surface area contributed by atoms with Crippen LogP contribution in [0.15, 0.2) is 29.6 Å². The third-order valence-electron chi connectivity index (χ3n) is 3.63. The Morgan fingerprint density at radius 1 is 1.39 bits per heavy atom. The molecule has 0 spiro atoms. The summed E-state index contributed by atoms with van der Waals surface area (Å²) in [5, 5.41) is 7.35. The number of nitrogens with one attached hydrogen (secondary N) is 1. The molecule has 18 heavy (non-hydrogen) atoms. The lowest BCUT2D eigenvalue weighted by molar-refractivity contribution is 0.0131. The van der Waals surface area contributed by atoms with Gasteiger partial charge in [-0.2, -0.15) is 0 Å². The predicted octanol–water partition coefficient (Wildman–Crippen LogP) is 3.56. The summed E-state index contributed by atoms with van der Waals surface area (Å²) in [7, 11) is 0. The first-order valence-electron chi connectivity index (χ1n) is 6.63. The number of ether oxygens (including phenoxy) is 1. The molecule has 1 aromatic heterocycles. The van der Waals surface area contributed by atoms with Crippen LogP contribution in [0, 0.1) is 0 Å². The molecule has 1 N–H and O–H groups in total. The molecule has 1 saturated heterocycles. The van der Waals surface area contributed by atoms with Gasteiger partial charge in [-0.25, -0.2) is 0 Å². The molecule has 1 aliphatic heterocycles. The Bertz CT molecular complexity index is 522. The summed E-state index contributed by atoms with van der Waals surface area (Å²) in [6, 6.07) is 9.24. The molecule has 1 aliphatic rings. The van der Waals surface area contributed by atoms with Crippen molar-refractivity contribution in [3.8, 4) is 0 Å². The van der Waals surface area contributed by atoms with Gasteiger partial charge < -0.3 is 10.1 Å². The Morgan fingerprint density at radius 3 is 3.17 bits per heavy atom. The number of rotatable bonds is 3. The fraction of sp³-hybridized carbons (Fsp3) is 0.467. The van der Waals surface area contributed by atoms with Crippen LogP contribution in [0.2, 0.25) is 0 Å². The topological polar surface area (TPSA) is 21.3 Å². The number of fused-ring (bicyclic) bond motifs is 1. The summed E-state index contributed by atoms with van der Waals surface area (Å²) in [5.41, 5.74) is 1.43. The zero-order valence-corrected chi connectivity index (χ0v) is 11.5. The highest BCUT2D eigenvalue weighted by Gasteiger charge is 2.18. The van der Waals surface area contributed by atoms with Gasteiger partial charge in [-0.3, -0.25) is 0 Å². The van der Waals surface area contributed by atoms with Crippen molar-refractivity contribution in [3.63, 3.8) is 0 Å². The van der Waals surface area contributed by atoms with E-state index < -0.39 is 0 Å². The quantitative estimate of drug-likeness (QED) is 0.912. The van der Waals surface area contributed by atoms with E-state index in [1.807, 2.05) is 11.3 Å². The molecular weight excluding hydrogens is 242 g/mol. The van der Waals surface area contributed by atoms with Gasteiger partial charge in [0.25, 0.3) is 0 Å². The van der Waals surface area contributed by atoms with Crippen LogP contribution in [0.3, 0.4) is 0 Å². The molecule has 2 atom stereocenters. The van der Waals surface area contributed by atoms with Gasteiger partial charge in [0, 0.05) is 23.9 Å². The smallest absolute Gasteiger partial charge is 0.0561 e. The Hall–Kier alpha value is -0.900. The average molecular weight is 261 g/mol. The predicted molar refractivity (Wildman–Crippen MR) is 77.1 cm³/mol. The van der Waals surface area contributed by atoms with Crippen molar-refractivity contribution < 1.29 is 4.74 Å². The van der Waals surface area contributed by atoms with E-state index in [4.69, 9.17) is 4.74 Å². The average Bonchev–Trinajstić information content (AvgIpc) is 2.80. The van der Waals surface area contributed by atoms with Crippen molar-refractivity contribution in [3.05, 3.63) is 35.2 Å². The summed E-state index contributed by atoms with van der Waals surface area (Å²) in [6.45, 7) is 4.03. The van der Waals surface area contributed by atoms with Gasteiger partial charge in [0.1, 0.15) is 0 Å². The second kappa shape index (κ2) is 5.39. The van der Waals surface area contributed by atoms with Crippen LogP contribution in [0.1, 0.15) is 25.3 Å². The number of hydrogen-bond acceptors (Lipinski definition) is 3. The molecule has 2 aromatic rings. The first-order valence-corrected chi connectivity index (χ1v) is 7.51. The fourth-order valence-corrected chi connectivity index (χ4v) is 3.57. The Labute approximate surface area is 112 Å². The maximum atomic E-state index is 5.58. The largest absolute Gasteiger partial charge is 0.378 e. The van der Waals surface area contributed by atoms with Gasteiger partial charge in [0.2, 0.25) is 0 Å². The van der Waals surface area contributed by atoms with Gasteiger partial charge >= 0.3 is 0 Å². The monoisotopic (exact) mass is 261 g/mol. The maximum Gasteiger partial charge on any atom is 0.0561 e. The van der Waals surface area contributed by atoms with E-state index in [9.17, 15) is 0 Å². The maximum absolute atomic E-state index is 5.58. The van der Waals surface area contributed by atoms with Gasteiger partial charge in [-0.1, -0.05) is 18.2 Å². The van der Waals surface area contributed by atoms with Crippen LogP contribution in [-0.4, -0.2) is 18.8 Å². The molecule has 0 saturated carbocycles. The molecule has 3 rings (SSSR count). The minimum atomic E-state index is 0.399.